The summed E-state index contributed by atoms with van der Waals surface area (Å²) in [5.74, 6) is 0. The molecule has 1 aliphatic carbocycles. The molecule has 0 spiro atoms. The fourth-order valence-electron chi connectivity index (χ4n) is 10.5. The van der Waals surface area contributed by atoms with Gasteiger partial charge in [-0.1, -0.05) is 178 Å². The Morgan fingerprint density at radius 1 is 0.403 bits per heavy atom. The van der Waals surface area contributed by atoms with Gasteiger partial charge in [0.25, 0.3) is 0 Å². The molecule has 10 aromatic carbocycles. The van der Waals surface area contributed by atoms with Gasteiger partial charge in [0.05, 0.1) is 5.69 Å². The number of fused-ring (bicyclic) bond motifs is 13. The van der Waals surface area contributed by atoms with E-state index in [0.29, 0.717) is 0 Å². The molecular weight excluding hydrogens is 771 g/mol. The Balaban J connectivity index is 0.989. The Morgan fingerprint density at radius 3 is 1.87 bits per heavy atom. The number of anilines is 3. The van der Waals surface area contributed by atoms with Crippen molar-refractivity contribution in [3.05, 3.63) is 211 Å². The molecule has 292 valence electrons. The van der Waals surface area contributed by atoms with E-state index in [9.17, 15) is 0 Å². The molecule has 0 radical (unpaired) electrons. The maximum Gasteiger partial charge on any atom is 0.143 e. The monoisotopic (exact) mass is 809 g/mol. The predicted molar refractivity (Wildman–Crippen MR) is 265 cm³/mol. The first-order valence-corrected chi connectivity index (χ1v) is 22.2. The minimum absolute atomic E-state index is 0.206. The summed E-state index contributed by atoms with van der Waals surface area (Å²) >= 11 is 1.91. The molecule has 2 nitrogen and oxygen atoms in total. The second kappa shape index (κ2) is 13.3. The van der Waals surface area contributed by atoms with E-state index in [0.717, 1.165) is 49.8 Å². The maximum atomic E-state index is 6.86. The molecule has 62 heavy (non-hydrogen) atoms. The highest BCUT2D eigenvalue weighted by Crippen LogP contribution is 2.55. The van der Waals surface area contributed by atoms with Crippen LogP contribution in [0.3, 0.4) is 0 Å². The van der Waals surface area contributed by atoms with Crippen LogP contribution in [0.4, 0.5) is 17.1 Å². The predicted octanol–water partition coefficient (Wildman–Crippen LogP) is 17.4. The van der Waals surface area contributed by atoms with Crippen molar-refractivity contribution in [2.24, 2.45) is 0 Å². The first-order chi connectivity index (χ1) is 30.5. The molecular formula is C59H39NOS. The average molecular weight is 810 g/mol. The van der Waals surface area contributed by atoms with Crippen LogP contribution in [0.5, 0.6) is 0 Å². The Labute approximate surface area is 363 Å². The highest BCUT2D eigenvalue weighted by molar-refractivity contribution is 7.27. The Morgan fingerprint density at radius 2 is 1.02 bits per heavy atom. The average Bonchev–Trinajstić information content (AvgIpc) is 3.98. The molecule has 0 amide bonds. The van der Waals surface area contributed by atoms with Gasteiger partial charge in [-0.25, -0.2) is 0 Å². The summed E-state index contributed by atoms with van der Waals surface area (Å²) in [6.45, 7) is 4.75. The van der Waals surface area contributed by atoms with Gasteiger partial charge < -0.3 is 9.32 Å². The normalized spacial score (nSPS) is 13.1. The molecule has 0 bridgehead atoms. The van der Waals surface area contributed by atoms with Gasteiger partial charge in [0.1, 0.15) is 11.2 Å². The van der Waals surface area contributed by atoms with E-state index < -0.39 is 0 Å². The second-order valence-electron chi connectivity index (χ2n) is 17.2. The molecule has 3 heteroatoms. The van der Waals surface area contributed by atoms with Crippen molar-refractivity contribution in [3.63, 3.8) is 0 Å². The molecule has 0 aliphatic heterocycles. The lowest BCUT2D eigenvalue weighted by Crippen LogP contribution is -2.20. The van der Waals surface area contributed by atoms with Crippen molar-refractivity contribution in [1.82, 2.24) is 0 Å². The second-order valence-corrected chi connectivity index (χ2v) is 18.2. The number of furan rings is 1. The van der Waals surface area contributed by atoms with Gasteiger partial charge in [-0.2, -0.15) is 0 Å². The highest BCUT2D eigenvalue weighted by atomic mass is 32.1. The smallest absolute Gasteiger partial charge is 0.143 e. The Bertz CT molecular complexity index is 3790. The number of benzene rings is 10. The third kappa shape index (κ3) is 5.09. The van der Waals surface area contributed by atoms with E-state index in [4.69, 9.17) is 4.42 Å². The standard InChI is InChI=1S/C59H39NOS/c1-59(2)52-25-8-7-19-46(52)47-22-12-26-53(54(47)59)60(40-31-27-38(28-32-40)45-21-11-24-50-51-34-30-37-14-4-6-18-44(37)58(51)62-57(45)50)41-16-9-15-39(35-41)43-20-10-23-48-49-33-29-36-13-3-5-17-42(36)55(49)61-56(43)48/h3-35H,1-2H3. The molecule has 0 N–H and O–H groups in total. The van der Waals surface area contributed by atoms with Crippen molar-refractivity contribution in [2.45, 2.75) is 19.3 Å². The molecule has 2 heterocycles. The van der Waals surface area contributed by atoms with E-state index >= 15 is 0 Å². The number of nitrogens with zero attached hydrogens (tertiary/aromatic N) is 1. The molecule has 0 unspecified atom stereocenters. The SMILES string of the molecule is CC1(C)c2ccccc2-c2cccc(N(c3ccc(-c4cccc5c4sc4c6ccccc6ccc54)cc3)c3cccc(-c4cccc5c4oc4c6ccccc6ccc54)c3)c21. The van der Waals surface area contributed by atoms with Crippen molar-refractivity contribution >= 4 is 92.1 Å². The van der Waals surface area contributed by atoms with Crippen LogP contribution in [0.25, 0.3) is 97.0 Å². The fourth-order valence-corrected chi connectivity index (χ4v) is 11.9. The zero-order valence-electron chi connectivity index (χ0n) is 34.3. The lowest BCUT2D eigenvalue weighted by Gasteiger charge is -2.32. The highest BCUT2D eigenvalue weighted by Gasteiger charge is 2.38. The summed E-state index contributed by atoms with van der Waals surface area (Å²) in [4.78, 5) is 2.47. The minimum atomic E-state index is -0.206. The first-order valence-electron chi connectivity index (χ1n) is 21.4. The van der Waals surface area contributed by atoms with Crippen LogP contribution in [0.1, 0.15) is 25.0 Å². The van der Waals surface area contributed by atoms with Crippen molar-refractivity contribution in [1.29, 1.82) is 0 Å². The summed E-state index contributed by atoms with van der Waals surface area (Å²) in [5.41, 5.74) is 15.0. The summed E-state index contributed by atoms with van der Waals surface area (Å²) < 4.78 is 9.53. The van der Waals surface area contributed by atoms with Gasteiger partial charge in [0.2, 0.25) is 0 Å². The number of hydrogen-bond acceptors (Lipinski definition) is 3. The van der Waals surface area contributed by atoms with E-state index in [-0.39, 0.29) is 5.41 Å². The molecule has 0 fully saturated rings. The quantitative estimate of drug-likeness (QED) is 0.172. The molecule has 0 saturated carbocycles. The lowest BCUT2D eigenvalue weighted by molar-refractivity contribution is 0.661. The molecule has 2 aromatic heterocycles. The zero-order chi connectivity index (χ0) is 41.1. The van der Waals surface area contributed by atoms with Crippen molar-refractivity contribution < 1.29 is 4.42 Å². The largest absolute Gasteiger partial charge is 0.455 e. The summed E-state index contributed by atoms with van der Waals surface area (Å²) in [6.07, 6.45) is 0. The molecule has 12 aromatic rings. The van der Waals surface area contributed by atoms with Gasteiger partial charge in [0.15, 0.2) is 0 Å². The van der Waals surface area contributed by atoms with Crippen LogP contribution >= 0.6 is 11.3 Å². The molecule has 0 saturated heterocycles. The summed E-state index contributed by atoms with van der Waals surface area (Å²) in [5, 5.41) is 9.81. The van der Waals surface area contributed by atoms with E-state index in [1.54, 1.807) is 0 Å². The lowest BCUT2D eigenvalue weighted by atomic mass is 9.81. The van der Waals surface area contributed by atoms with Gasteiger partial charge in [-0.3, -0.25) is 0 Å². The summed E-state index contributed by atoms with van der Waals surface area (Å²) in [6, 6.07) is 73.5. The van der Waals surface area contributed by atoms with E-state index in [1.165, 1.54) is 75.4 Å². The summed E-state index contributed by atoms with van der Waals surface area (Å²) in [7, 11) is 0. The third-order valence-corrected chi connectivity index (χ3v) is 14.7. The fraction of sp³-hybridized carbons (Fsp3) is 0.0508. The number of rotatable bonds is 5. The number of hydrogen-bond donors (Lipinski definition) is 0. The first kappa shape index (κ1) is 35.3. The maximum absolute atomic E-state index is 6.86. The van der Waals surface area contributed by atoms with Crippen LogP contribution in [0.2, 0.25) is 0 Å². The van der Waals surface area contributed by atoms with Crippen LogP contribution in [-0.4, -0.2) is 0 Å². The van der Waals surface area contributed by atoms with Gasteiger partial charge in [-0.15, -0.1) is 11.3 Å². The van der Waals surface area contributed by atoms with Gasteiger partial charge >= 0.3 is 0 Å². The van der Waals surface area contributed by atoms with Gasteiger partial charge in [-0.05, 0) is 91.5 Å². The van der Waals surface area contributed by atoms with E-state index in [2.05, 4.69) is 219 Å². The van der Waals surface area contributed by atoms with Crippen molar-refractivity contribution in [2.75, 3.05) is 4.90 Å². The molecule has 0 atom stereocenters. The zero-order valence-corrected chi connectivity index (χ0v) is 35.1. The van der Waals surface area contributed by atoms with Crippen LogP contribution in [-0.2, 0) is 5.41 Å². The van der Waals surface area contributed by atoms with E-state index in [1.807, 2.05) is 11.3 Å². The Hall–Kier alpha value is -7.46. The van der Waals surface area contributed by atoms with Crippen LogP contribution < -0.4 is 4.90 Å². The number of thiophene rings is 1. The van der Waals surface area contributed by atoms with Crippen LogP contribution in [0.15, 0.2) is 205 Å². The minimum Gasteiger partial charge on any atom is -0.455 e. The van der Waals surface area contributed by atoms with Crippen LogP contribution in [0, 0.1) is 0 Å². The topological polar surface area (TPSA) is 16.4 Å². The third-order valence-electron chi connectivity index (χ3n) is 13.4. The van der Waals surface area contributed by atoms with Gasteiger partial charge in [0, 0.05) is 58.7 Å². The molecule has 13 rings (SSSR count). The van der Waals surface area contributed by atoms with Crippen molar-refractivity contribution in [3.8, 4) is 33.4 Å². The number of para-hydroxylation sites is 1. The molecule has 1 aliphatic rings. The Kier molecular flexibility index (Phi) is 7.56.